The number of aryl methyl sites for hydroxylation is 1. The summed E-state index contributed by atoms with van der Waals surface area (Å²) in [6.07, 6.45) is 0.0313. The SMILES string of the molecule is COC1(c2cc3c(N(C)Cc4cccc(C(F)F)c4F)ncnc3n(C)c2=O)CCN(C=O)CC1. The molecule has 0 spiro atoms. The number of hydrogen-bond acceptors (Lipinski definition) is 6. The number of methoxy groups -OCH3 is 1. The fourth-order valence-electron chi connectivity index (χ4n) is 4.68. The van der Waals surface area contributed by atoms with Gasteiger partial charge in [-0.3, -0.25) is 14.2 Å². The number of carbonyl (C=O) groups excluding carboxylic acids is 1. The summed E-state index contributed by atoms with van der Waals surface area (Å²) in [4.78, 5) is 36.4. The smallest absolute Gasteiger partial charge is 0.266 e. The Morgan fingerprint density at radius 3 is 2.60 bits per heavy atom. The number of aromatic nitrogens is 3. The number of ether oxygens (including phenoxy) is 1. The first kappa shape index (κ1) is 24.6. The summed E-state index contributed by atoms with van der Waals surface area (Å²) in [7, 11) is 4.80. The molecule has 0 bridgehead atoms. The number of amides is 1. The summed E-state index contributed by atoms with van der Waals surface area (Å²) in [6.45, 7) is 0.854. The number of nitrogens with zero attached hydrogens (tertiary/aromatic N) is 5. The Kier molecular flexibility index (Phi) is 6.79. The maximum absolute atomic E-state index is 14.7. The van der Waals surface area contributed by atoms with Gasteiger partial charge in [0.1, 0.15) is 29.2 Å². The second kappa shape index (κ2) is 9.65. The van der Waals surface area contributed by atoms with Gasteiger partial charge in [-0.1, -0.05) is 18.2 Å². The summed E-state index contributed by atoms with van der Waals surface area (Å²) in [5, 5.41) is 0.534. The summed E-state index contributed by atoms with van der Waals surface area (Å²) < 4.78 is 48.2. The largest absolute Gasteiger partial charge is 0.373 e. The molecule has 0 atom stereocenters. The van der Waals surface area contributed by atoms with Gasteiger partial charge in [0.15, 0.2) is 0 Å². The van der Waals surface area contributed by atoms with E-state index in [1.807, 2.05) is 0 Å². The van der Waals surface area contributed by atoms with Crippen LogP contribution in [0, 0.1) is 5.82 Å². The van der Waals surface area contributed by atoms with Gasteiger partial charge in [-0.2, -0.15) is 0 Å². The van der Waals surface area contributed by atoms with E-state index >= 15 is 0 Å². The third kappa shape index (κ3) is 4.36. The van der Waals surface area contributed by atoms with Crippen LogP contribution in [0.3, 0.4) is 0 Å². The van der Waals surface area contributed by atoms with E-state index in [9.17, 15) is 22.8 Å². The molecule has 8 nitrogen and oxygen atoms in total. The molecular formula is C24H26F3N5O3. The highest BCUT2D eigenvalue weighted by atomic mass is 19.3. The van der Waals surface area contributed by atoms with E-state index in [1.54, 1.807) is 30.0 Å². The molecule has 0 unspecified atom stereocenters. The molecule has 3 heterocycles. The third-order valence-corrected chi connectivity index (χ3v) is 6.73. The Morgan fingerprint density at radius 1 is 1.26 bits per heavy atom. The van der Waals surface area contributed by atoms with Crippen LogP contribution in [-0.2, 0) is 28.7 Å². The zero-order chi connectivity index (χ0) is 25.3. The molecule has 0 aliphatic carbocycles. The van der Waals surface area contributed by atoms with Crippen LogP contribution in [0.2, 0.25) is 0 Å². The highest BCUT2D eigenvalue weighted by Crippen LogP contribution is 2.36. The number of benzene rings is 1. The van der Waals surface area contributed by atoms with Gasteiger partial charge in [0.2, 0.25) is 6.41 Å². The van der Waals surface area contributed by atoms with Crippen LogP contribution in [0.15, 0.2) is 35.4 Å². The molecule has 1 aliphatic rings. The normalized spacial score (nSPS) is 15.6. The van der Waals surface area contributed by atoms with Crippen LogP contribution < -0.4 is 10.5 Å². The standard InChI is InChI=1S/C24H26F3N5O3/c1-30(12-15-5-4-6-16(19(15)25)20(26)27)21-17-11-18(23(34)31(2)22(17)29-13-28-21)24(35-3)7-9-32(14-33)10-8-24/h4-6,11,13-14,20H,7-10,12H2,1-3H3. The number of likely N-dealkylation sites (tertiary alicyclic amines) is 1. The fraction of sp³-hybridized carbons (Fsp3) is 0.417. The number of rotatable bonds is 7. The number of halogens is 3. The Bertz CT molecular complexity index is 1310. The van der Waals surface area contributed by atoms with Crippen LogP contribution >= 0.6 is 0 Å². The van der Waals surface area contributed by atoms with E-state index in [0.717, 1.165) is 12.5 Å². The topological polar surface area (TPSA) is 80.6 Å². The van der Waals surface area contributed by atoms with E-state index in [0.29, 0.717) is 48.3 Å². The average molecular weight is 489 g/mol. The van der Waals surface area contributed by atoms with Crippen molar-refractivity contribution >= 4 is 23.3 Å². The summed E-state index contributed by atoms with van der Waals surface area (Å²) in [5.41, 5.74) is -0.952. The van der Waals surface area contributed by atoms with Crippen molar-refractivity contribution in [2.45, 2.75) is 31.4 Å². The van der Waals surface area contributed by atoms with Crippen molar-refractivity contribution in [1.82, 2.24) is 19.4 Å². The average Bonchev–Trinajstić information content (AvgIpc) is 2.86. The van der Waals surface area contributed by atoms with E-state index in [1.165, 1.54) is 30.1 Å². The van der Waals surface area contributed by atoms with Crippen molar-refractivity contribution in [3.05, 3.63) is 63.5 Å². The highest BCUT2D eigenvalue weighted by Gasteiger charge is 2.39. The van der Waals surface area contributed by atoms with Crippen molar-refractivity contribution in [1.29, 1.82) is 0 Å². The van der Waals surface area contributed by atoms with Gasteiger partial charge in [-0.05, 0) is 18.9 Å². The molecule has 11 heteroatoms. The molecule has 35 heavy (non-hydrogen) atoms. The first-order valence-corrected chi connectivity index (χ1v) is 11.1. The van der Waals surface area contributed by atoms with Gasteiger partial charge in [0.05, 0.1) is 16.5 Å². The Balaban J connectivity index is 1.79. The maximum atomic E-state index is 14.7. The van der Waals surface area contributed by atoms with Gasteiger partial charge < -0.3 is 14.5 Å². The number of anilines is 1. The van der Waals surface area contributed by atoms with Crippen LogP contribution in [0.4, 0.5) is 19.0 Å². The molecule has 2 aromatic heterocycles. The number of carbonyl (C=O) groups is 1. The summed E-state index contributed by atoms with van der Waals surface area (Å²) >= 11 is 0. The first-order chi connectivity index (χ1) is 16.7. The first-order valence-electron chi connectivity index (χ1n) is 11.1. The van der Waals surface area contributed by atoms with Crippen molar-refractivity contribution in [3.63, 3.8) is 0 Å². The minimum atomic E-state index is -2.92. The molecule has 1 saturated heterocycles. The van der Waals surface area contributed by atoms with Crippen LogP contribution in [-0.4, -0.2) is 53.1 Å². The minimum Gasteiger partial charge on any atom is -0.373 e. The zero-order valence-corrected chi connectivity index (χ0v) is 19.7. The van der Waals surface area contributed by atoms with Crippen molar-refractivity contribution in [2.75, 3.05) is 32.1 Å². The Morgan fingerprint density at radius 2 is 1.97 bits per heavy atom. The van der Waals surface area contributed by atoms with Gasteiger partial charge in [0.25, 0.3) is 12.0 Å². The third-order valence-electron chi connectivity index (χ3n) is 6.73. The summed E-state index contributed by atoms with van der Waals surface area (Å²) in [6, 6.07) is 5.59. The molecule has 1 fully saturated rings. The van der Waals surface area contributed by atoms with E-state index in [4.69, 9.17) is 4.74 Å². The predicted molar refractivity (Wildman–Crippen MR) is 124 cm³/mol. The van der Waals surface area contributed by atoms with E-state index < -0.39 is 23.4 Å². The molecule has 186 valence electrons. The van der Waals surface area contributed by atoms with E-state index in [-0.39, 0.29) is 17.7 Å². The van der Waals surface area contributed by atoms with Gasteiger partial charge in [-0.25, -0.2) is 23.1 Å². The lowest BCUT2D eigenvalue weighted by Gasteiger charge is -2.39. The van der Waals surface area contributed by atoms with Gasteiger partial charge in [-0.15, -0.1) is 0 Å². The van der Waals surface area contributed by atoms with E-state index in [2.05, 4.69) is 9.97 Å². The molecule has 1 aliphatic heterocycles. The molecule has 0 radical (unpaired) electrons. The fourth-order valence-corrected chi connectivity index (χ4v) is 4.68. The number of pyridine rings is 1. The lowest BCUT2D eigenvalue weighted by Crippen LogP contribution is -2.46. The Labute approximate surface area is 200 Å². The number of alkyl halides is 2. The Hall–Kier alpha value is -3.47. The molecule has 0 saturated carbocycles. The predicted octanol–water partition coefficient (Wildman–Crippen LogP) is 3.14. The van der Waals surface area contributed by atoms with Crippen LogP contribution in [0.25, 0.3) is 11.0 Å². The van der Waals surface area contributed by atoms with Crippen molar-refractivity contribution in [2.24, 2.45) is 7.05 Å². The monoisotopic (exact) mass is 489 g/mol. The second-order valence-electron chi connectivity index (χ2n) is 8.67. The molecule has 0 N–H and O–H groups in total. The molecule has 4 rings (SSSR count). The quantitative estimate of drug-likeness (QED) is 0.475. The lowest BCUT2D eigenvalue weighted by molar-refractivity contribution is -0.124. The molecule has 3 aromatic rings. The maximum Gasteiger partial charge on any atom is 0.266 e. The second-order valence-corrected chi connectivity index (χ2v) is 8.67. The number of piperidine rings is 1. The molecule has 1 aromatic carbocycles. The zero-order valence-electron chi connectivity index (χ0n) is 19.7. The number of fused-ring (bicyclic) bond motifs is 1. The number of hydrogen-bond donors (Lipinski definition) is 0. The minimum absolute atomic E-state index is 0.0274. The van der Waals surface area contributed by atoms with Crippen LogP contribution in [0.1, 0.15) is 36.0 Å². The molecular weight excluding hydrogens is 463 g/mol. The highest BCUT2D eigenvalue weighted by molar-refractivity contribution is 5.87. The van der Waals surface area contributed by atoms with Crippen molar-refractivity contribution < 1.29 is 22.7 Å². The van der Waals surface area contributed by atoms with Crippen LogP contribution in [0.5, 0.6) is 0 Å². The van der Waals surface area contributed by atoms with Gasteiger partial charge >= 0.3 is 0 Å². The summed E-state index contributed by atoms with van der Waals surface area (Å²) in [5.74, 6) is -0.550. The van der Waals surface area contributed by atoms with Gasteiger partial charge in [0, 0.05) is 46.4 Å². The lowest BCUT2D eigenvalue weighted by atomic mass is 9.84. The molecule has 1 amide bonds. The van der Waals surface area contributed by atoms with Crippen molar-refractivity contribution in [3.8, 4) is 0 Å².